The summed E-state index contributed by atoms with van der Waals surface area (Å²) in [6.07, 6.45) is 0. The van der Waals surface area contributed by atoms with Crippen LogP contribution in [-0.2, 0) is 5.41 Å². The van der Waals surface area contributed by atoms with Crippen molar-refractivity contribution >= 4 is 33.0 Å². The first kappa shape index (κ1) is 22.6. The summed E-state index contributed by atoms with van der Waals surface area (Å²) in [5, 5.41) is 0. The molecule has 0 N–H and O–H groups in total. The van der Waals surface area contributed by atoms with Crippen molar-refractivity contribution < 1.29 is 0 Å². The highest BCUT2D eigenvalue weighted by Crippen LogP contribution is 2.63. The molecule has 0 radical (unpaired) electrons. The summed E-state index contributed by atoms with van der Waals surface area (Å²) in [6, 6.07) is 53.2. The van der Waals surface area contributed by atoms with Gasteiger partial charge in [0.05, 0.1) is 5.41 Å². The summed E-state index contributed by atoms with van der Waals surface area (Å²) in [5.41, 5.74) is 13.8. The van der Waals surface area contributed by atoms with Crippen LogP contribution in [0.15, 0.2) is 150 Å². The van der Waals surface area contributed by atoms with Gasteiger partial charge in [-0.3, -0.25) is 0 Å². The minimum Gasteiger partial charge on any atom is -0.310 e. The summed E-state index contributed by atoms with van der Waals surface area (Å²) < 4.78 is 1.07. The first-order chi connectivity index (χ1) is 19.3. The maximum Gasteiger partial charge on any atom is 0.0726 e. The lowest BCUT2D eigenvalue weighted by Gasteiger charge is -2.32. The third-order valence-electron chi connectivity index (χ3n) is 8.34. The number of rotatable bonds is 3. The van der Waals surface area contributed by atoms with Crippen molar-refractivity contribution in [1.29, 1.82) is 0 Å². The topological polar surface area (TPSA) is 3.24 Å². The van der Waals surface area contributed by atoms with Gasteiger partial charge in [0, 0.05) is 21.5 Å². The number of hydrogen-bond donors (Lipinski definition) is 0. The fraction of sp³-hybridized carbons (Fsp3) is 0.0270. The van der Waals surface area contributed by atoms with E-state index < -0.39 is 0 Å². The number of halogens is 1. The molecule has 8 rings (SSSR count). The molecule has 0 saturated carbocycles. The molecule has 2 heteroatoms. The van der Waals surface area contributed by atoms with Gasteiger partial charge in [0.15, 0.2) is 0 Å². The molecule has 0 heterocycles. The number of fused-ring (bicyclic) bond motifs is 10. The number of anilines is 3. The molecule has 1 nitrogen and oxygen atoms in total. The molecule has 0 unspecified atom stereocenters. The average molecular weight is 563 g/mol. The lowest BCUT2D eigenvalue weighted by atomic mass is 9.70. The molecular formula is C37H24BrN. The van der Waals surface area contributed by atoms with Gasteiger partial charge in [-0.2, -0.15) is 0 Å². The first-order valence-corrected chi connectivity index (χ1v) is 14.1. The Morgan fingerprint density at radius 2 is 0.821 bits per heavy atom. The Hall–Kier alpha value is -4.40. The average Bonchev–Trinajstić information content (AvgIpc) is 3.46. The molecule has 184 valence electrons. The van der Waals surface area contributed by atoms with Crippen molar-refractivity contribution in [2.24, 2.45) is 0 Å². The minimum absolute atomic E-state index is 0.350. The standard InChI is InChI=1S/C37H24BrN/c38-25-18-20-27(21-19-25)39(26-10-2-1-3-11-26)28-22-23-32-31-14-6-9-17-35(31)37(36(32)24-28)33-15-7-4-12-29(33)30-13-5-8-16-34(30)37/h1-24H. The van der Waals surface area contributed by atoms with Crippen LogP contribution >= 0.6 is 15.9 Å². The molecular weight excluding hydrogens is 538 g/mol. The van der Waals surface area contributed by atoms with E-state index in [0.717, 1.165) is 21.5 Å². The van der Waals surface area contributed by atoms with Crippen molar-refractivity contribution in [3.63, 3.8) is 0 Å². The van der Waals surface area contributed by atoms with E-state index in [0.29, 0.717) is 0 Å². The van der Waals surface area contributed by atoms with Crippen molar-refractivity contribution in [2.45, 2.75) is 5.41 Å². The summed E-state index contributed by atoms with van der Waals surface area (Å²) in [7, 11) is 0. The predicted octanol–water partition coefficient (Wildman–Crippen LogP) is 10.3. The second kappa shape index (κ2) is 8.56. The second-order valence-electron chi connectivity index (χ2n) is 10.3. The van der Waals surface area contributed by atoms with Gasteiger partial charge in [-0.15, -0.1) is 0 Å². The van der Waals surface area contributed by atoms with E-state index >= 15 is 0 Å². The highest BCUT2D eigenvalue weighted by Gasteiger charge is 2.51. The Balaban J connectivity index is 1.44. The van der Waals surface area contributed by atoms with Crippen LogP contribution in [0.4, 0.5) is 17.1 Å². The SMILES string of the molecule is Brc1ccc(N(c2ccccc2)c2ccc3c(c2)C2(c4ccccc4-c4ccccc42)c2ccccc2-3)cc1. The van der Waals surface area contributed by atoms with E-state index in [1.165, 1.54) is 44.5 Å². The normalized spacial score (nSPS) is 13.5. The van der Waals surface area contributed by atoms with Crippen LogP contribution in [0.3, 0.4) is 0 Å². The summed E-state index contributed by atoms with van der Waals surface area (Å²) >= 11 is 3.62. The molecule has 0 aromatic heterocycles. The van der Waals surface area contributed by atoms with Gasteiger partial charge < -0.3 is 4.90 Å². The van der Waals surface area contributed by atoms with E-state index in [2.05, 4.69) is 166 Å². The van der Waals surface area contributed by atoms with Crippen LogP contribution in [0, 0.1) is 0 Å². The maximum atomic E-state index is 3.62. The van der Waals surface area contributed by atoms with Gasteiger partial charge in [0.25, 0.3) is 0 Å². The van der Waals surface area contributed by atoms with Gasteiger partial charge in [0.1, 0.15) is 0 Å². The number of nitrogens with zero attached hydrogens (tertiary/aromatic N) is 1. The van der Waals surface area contributed by atoms with Crippen molar-refractivity contribution in [3.05, 3.63) is 172 Å². The summed E-state index contributed by atoms with van der Waals surface area (Å²) in [4.78, 5) is 2.36. The van der Waals surface area contributed by atoms with Gasteiger partial charge in [-0.1, -0.05) is 113 Å². The number of benzene rings is 6. The second-order valence-corrected chi connectivity index (χ2v) is 11.2. The van der Waals surface area contributed by atoms with Crippen LogP contribution in [0.2, 0.25) is 0 Å². The zero-order chi connectivity index (χ0) is 26.0. The van der Waals surface area contributed by atoms with Crippen molar-refractivity contribution in [3.8, 4) is 22.3 Å². The zero-order valence-corrected chi connectivity index (χ0v) is 22.8. The monoisotopic (exact) mass is 561 g/mol. The minimum atomic E-state index is -0.350. The maximum absolute atomic E-state index is 3.62. The van der Waals surface area contributed by atoms with Crippen LogP contribution in [0.1, 0.15) is 22.3 Å². The van der Waals surface area contributed by atoms with Gasteiger partial charge in [0.2, 0.25) is 0 Å². The Labute approximate surface area is 237 Å². The van der Waals surface area contributed by atoms with E-state index in [-0.39, 0.29) is 5.41 Å². The predicted molar refractivity (Wildman–Crippen MR) is 165 cm³/mol. The molecule has 0 aliphatic heterocycles. The van der Waals surface area contributed by atoms with E-state index in [1.54, 1.807) is 0 Å². The Morgan fingerprint density at radius 1 is 0.385 bits per heavy atom. The molecule has 0 atom stereocenters. The molecule has 0 saturated heterocycles. The van der Waals surface area contributed by atoms with E-state index in [1.807, 2.05) is 0 Å². The van der Waals surface area contributed by atoms with Crippen LogP contribution in [0.25, 0.3) is 22.3 Å². The Bertz CT molecular complexity index is 1810. The smallest absolute Gasteiger partial charge is 0.0726 e. The lowest BCUT2D eigenvalue weighted by Crippen LogP contribution is -2.26. The molecule has 6 aromatic rings. The largest absolute Gasteiger partial charge is 0.310 e. The Morgan fingerprint density at radius 3 is 1.38 bits per heavy atom. The van der Waals surface area contributed by atoms with Gasteiger partial charge in [-0.25, -0.2) is 0 Å². The Kier molecular flexibility index (Phi) is 4.95. The first-order valence-electron chi connectivity index (χ1n) is 13.3. The van der Waals surface area contributed by atoms with Crippen molar-refractivity contribution in [1.82, 2.24) is 0 Å². The quantitative estimate of drug-likeness (QED) is 0.207. The fourth-order valence-corrected chi connectivity index (χ4v) is 7.10. The zero-order valence-electron chi connectivity index (χ0n) is 21.2. The fourth-order valence-electron chi connectivity index (χ4n) is 6.84. The highest BCUT2D eigenvalue weighted by atomic mass is 79.9. The lowest BCUT2D eigenvalue weighted by molar-refractivity contribution is 0.793. The number of para-hydroxylation sites is 1. The molecule has 2 aliphatic rings. The van der Waals surface area contributed by atoms with Crippen LogP contribution in [-0.4, -0.2) is 0 Å². The van der Waals surface area contributed by atoms with Crippen molar-refractivity contribution in [2.75, 3.05) is 4.90 Å². The van der Waals surface area contributed by atoms with Gasteiger partial charge >= 0.3 is 0 Å². The summed E-state index contributed by atoms with van der Waals surface area (Å²) in [6.45, 7) is 0. The molecule has 6 aromatic carbocycles. The third kappa shape index (κ3) is 3.13. The molecule has 1 spiro atoms. The van der Waals surface area contributed by atoms with Crippen LogP contribution < -0.4 is 4.90 Å². The third-order valence-corrected chi connectivity index (χ3v) is 8.87. The summed E-state index contributed by atoms with van der Waals surface area (Å²) in [5.74, 6) is 0. The molecule has 0 amide bonds. The van der Waals surface area contributed by atoms with E-state index in [4.69, 9.17) is 0 Å². The van der Waals surface area contributed by atoms with Crippen LogP contribution in [0.5, 0.6) is 0 Å². The highest BCUT2D eigenvalue weighted by molar-refractivity contribution is 9.10. The van der Waals surface area contributed by atoms with Gasteiger partial charge in [-0.05, 0) is 93.0 Å². The molecule has 2 aliphatic carbocycles. The number of hydrogen-bond acceptors (Lipinski definition) is 1. The molecule has 0 bridgehead atoms. The molecule has 0 fully saturated rings. The molecule has 39 heavy (non-hydrogen) atoms. The van der Waals surface area contributed by atoms with E-state index in [9.17, 15) is 0 Å².